The maximum atomic E-state index is 4.84. The highest BCUT2D eigenvalue weighted by atomic mass is 15.2. The molecule has 4 rings (SSSR count). The average Bonchev–Trinajstić information content (AvgIpc) is 3.04. The molecular formula is C22H20N4. The molecule has 0 saturated heterocycles. The van der Waals surface area contributed by atoms with Crippen molar-refractivity contribution < 1.29 is 0 Å². The van der Waals surface area contributed by atoms with Crippen molar-refractivity contribution in [1.82, 2.24) is 9.38 Å². The summed E-state index contributed by atoms with van der Waals surface area (Å²) in [6.45, 7) is 6.21. The molecule has 0 amide bonds. The summed E-state index contributed by atoms with van der Waals surface area (Å²) in [4.78, 5) is 4.84. The molecule has 0 saturated carbocycles. The van der Waals surface area contributed by atoms with E-state index >= 15 is 0 Å². The molecule has 0 unspecified atom stereocenters. The fraction of sp³-hybridized carbons (Fsp3) is 0.136. The topological polar surface area (TPSA) is 42.0 Å². The van der Waals surface area contributed by atoms with Crippen LogP contribution in [-0.2, 0) is 0 Å². The third-order valence-electron chi connectivity index (χ3n) is 4.70. The number of azo groups is 1. The van der Waals surface area contributed by atoms with Gasteiger partial charge in [-0.1, -0.05) is 48.5 Å². The van der Waals surface area contributed by atoms with Crippen molar-refractivity contribution in [1.29, 1.82) is 0 Å². The minimum absolute atomic E-state index is 0.746. The zero-order valence-corrected chi connectivity index (χ0v) is 15.1. The average molecular weight is 340 g/mol. The minimum atomic E-state index is 0.746. The van der Waals surface area contributed by atoms with Gasteiger partial charge in [0, 0.05) is 11.8 Å². The van der Waals surface area contributed by atoms with Gasteiger partial charge in [-0.3, -0.25) is 4.40 Å². The number of aryl methyl sites for hydroxylation is 2. The zero-order chi connectivity index (χ0) is 18.1. The Bertz CT molecular complexity index is 1110. The molecule has 0 aliphatic heterocycles. The van der Waals surface area contributed by atoms with E-state index in [4.69, 9.17) is 4.98 Å². The zero-order valence-electron chi connectivity index (χ0n) is 15.1. The van der Waals surface area contributed by atoms with Gasteiger partial charge in [-0.25, -0.2) is 4.98 Å². The fourth-order valence-corrected chi connectivity index (χ4v) is 3.02. The van der Waals surface area contributed by atoms with E-state index in [0.29, 0.717) is 0 Å². The first kappa shape index (κ1) is 16.2. The van der Waals surface area contributed by atoms with E-state index in [1.165, 1.54) is 5.56 Å². The van der Waals surface area contributed by atoms with Crippen molar-refractivity contribution in [2.45, 2.75) is 20.8 Å². The standard InChI is InChI=1S/C22H20N4/c1-15-9-7-13-19(17(15)3)24-25-22-20(18-11-5-4-6-12-18)23-21-16(2)10-8-14-26(21)22/h4-14H,1-3H3. The molecule has 128 valence electrons. The minimum Gasteiger partial charge on any atom is -0.282 e. The van der Waals surface area contributed by atoms with E-state index in [1.54, 1.807) is 0 Å². The summed E-state index contributed by atoms with van der Waals surface area (Å²) in [5.74, 6) is 0.746. The van der Waals surface area contributed by atoms with Crippen molar-refractivity contribution in [3.8, 4) is 11.3 Å². The number of nitrogens with zero attached hydrogens (tertiary/aromatic N) is 4. The van der Waals surface area contributed by atoms with Gasteiger partial charge < -0.3 is 0 Å². The molecule has 0 atom stereocenters. The van der Waals surface area contributed by atoms with Crippen LogP contribution < -0.4 is 0 Å². The van der Waals surface area contributed by atoms with Crippen LogP contribution in [0.15, 0.2) is 77.1 Å². The highest BCUT2D eigenvalue weighted by Gasteiger charge is 2.15. The molecule has 4 aromatic rings. The van der Waals surface area contributed by atoms with E-state index in [-0.39, 0.29) is 0 Å². The van der Waals surface area contributed by atoms with Crippen molar-refractivity contribution in [2.24, 2.45) is 10.2 Å². The molecule has 4 heteroatoms. The second-order valence-corrected chi connectivity index (χ2v) is 6.45. The lowest BCUT2D eigenvalue weighted by atomic mass is 10.1. The van der Waals surface area contributed by atoms with Crippen molar-refractivity contribution in [3.05, 3.63) is 83.6 Å². The smallest absolute Gasteiger partial charge is 0.187 e. The number of rotatable bonds is 3. The van der Waals surface area contributed by atoms with Crippen LogP contribution in [0.25, 0.3) is 16.9 Å². The van der Waals surface area contributed by atoms with Crippen LogP contribution in [0.5, 0.6) is 0 Å². The monoisotopic (exact) mass is 340 g/mol. The number of aromatic nitrogens is 2. The Morgan fingerprint density at radius 1 is 0.769 bits per heavy atom. The lowest BCUT2D eigenvalue weighted by Crippen LogP contribution is -1.85. The van der Waals surface area contributed by atoms with E-state index in [0.717, 1.165) is 39.5 Å². The van der Waals surface area contributed by atoms with Crippen LogP contribution >= 0.6 is 0 Å². The summed E-state index contributed by atoms with van der Waals surface area (Å²) < 4.78 is 2.01. The molecule has 26 heavy (non-hydrogen) atoms. The first-order valence-corrected chi connectivity index (χ1v) is 8.66. The SMILES string of the molecule is Cc1cccc(N=Nc2c(-c3ccccc3)nc3c(C)cccn23)c1C. The third kappa shape index (κ3) is 2.80. The number of hydrogen-bond acceptors (Lipinski definition) is 3. The van der Waals surface area contributed by atoms with Crippen LogP contribution in [0, 0.1) is 20.8 Å². The second-order valence-electron chi connectivity index (χ2n) is 6.45. The summed E-state index contributed by atoms with van der Waals surface area (Å²) >= 11 is 0. The van der Waals surface area contributed by atoms with Crippen LogP contribution in [0.1, 0.15) is 16.7 Å². The molecule has 0 aliphatic rings. The van der Waals surface area contributed by atoms with Gasteiger partial charge in [0.2, 0.25) is 0 Å². The number of benzene rings is 2. The van der Waals surface area contributed by atoms with Crippen LogP contribution in [0.3, 0.4) is 0 Å². The van der Waals surface area contributed by atoms with Gasteiger partial charge in [0.25, 0.3) is 0 Å². The van der Waals surface area contributed by atoms with Crippen molar-refractivity contribution in [2.75, 3.05) is 0 Å². The lowest BCUT2D eigenvalue weighted by molar-refractivity contribution is 1.09. The number of hydrogen-bond donors (Lipinski definition) is 0. The molecular weight excluding hydrogens is 320 g/mol. The highest BCUT2D eigenvalue weighted by Crippen LogP contribution is 2.33. The molecule has 0 spiro atoms. The molecule has 4 nitrogen and oxygen atoms in total. The van der Waals surface area contributed by atoms with E-state index in [2.05, 4.69) is 43.1 Å². The van der Waals surface area contributed by atoms with Gasteiger partial charge in [-0.2, -0.15) is 0 Å². The molecule has 2 aromatic carbocycles. The molecule has 2 aromatic heterocycles. The molecule has 0 fully saturated rings. The molecule has 2 heterocycles. The first-order chi connectivity index (χ1) is 12.6. The number of fused-ring (bicyclic) bond motifs is 1. The van der Waals surface area contributed by atoms with Gasteiger partial charge in [0.05, 0.1) is 5.69 Å². The Kier molecular flexibility index (Phi) is 4.09. The normalized spacial score (nSPS) is 11.5. The van der Waals surface area contributed by atoms with Crippen LogP contribution in [-0.4, -0.2) is 9.38 Å². The summed E-state index contributed by atoms with van der Waals surface area (Å²) in [5.41, 5.74) is 7.12. The highest BCUT2D eigenvalue weighted by molar-refractivity contribution is 5.75. The predicted molar refractivity (Wildman–Crippen MR) is 105 cm³/mol. The Morgan fingerprint density at radius 2 is 1.54 bits per heavy atom. The molecule has 0 N–H and O–H groups in total. The van der Waals surface area contributed by atoms with E-state index in [9.17, 15) is 0 Å². The summed E-state index contributed by atoms with van der Waals surface area (Å²) in [6.07, 6.45) is 1.99. The molecule has 0 aliphatic carbocycles. The van der Waals surface area contributed by atoms with Gasteiger partial charge >= 0.3 is 0 Å². The van der Waals surface area contributed by atoms with E-state index < -0.39 is 0 Å². The first-order valence-electron chi connectivity index (χ1n) is 8.66. The maximum Gasteiger partial charge on any atom is 0.187 e. The summed E-state index contributed by atoms with van der Waals surface area (Å²) in [6, 6.07) is 20.3. The Morgan fingerprint density at radius 3 is 2.35 bits per heavy atom. The quantitative estimate of drug-likeness (QED) is 0.401. The second kappa shape index (κ2) is 6.56. The molecule has 0 bridgehead atoms. The predicted octanol–water partition coefficient (Wildman–Crippen LogP) is 6.34. The Balaban J connectivity index is 1.92. The third-order valence-corrected chi connectivity index (χ3v) is 4.70. The fourth-order valence-electron chi connectivity index (χ4n) is 3.02. The van der Waals surface area contributed by atoms with Gasteiger partial charge in [0.1, 0.15) is 11.3 Å². The summed E-state index contributed by atoms with van der Waals surface area (Å²) in [7, 11) is 0. The lowest BCUT2D eigenvalue weighted by Gasteiger charge is -2.03. The Labute approximate surface area is 152 Å². The maximum absolute atomic E-state index is 4.84. The van der Waals surface area contributed by atoms with Gasteiger partial charge in [-0.05, 0) is 49.6 Å². The van der Waals surface area contributed by atoms with Crippen molar-refractivity contribution >= 4 is 17.2 Å². The number of pyridine rings is 1. The Hall–Kier alpha value is -3.27. The number of imidazole rings is 1. The molecule has 0 radical (unpaired) electrons. The van der Waals surface area contributed by atoms with Gasteiger partial charge in [0.15, 0.2) is 5.82 Å². The van der Waals surface area contributed by atoms with Crippen molar-refractivity contribution in [3.63, 3.8) is 0 Å². The van der Waals surface area contributed by atoms with Crippen LogP contribution in [0.4, 0.5) is 11.5 Å². The summed E-state index contributed by atoms with van der Waals surface area (Å²) in [5, 5.41) is 9.15. The van der Waals surface area contributed by atoms with Gasteiger partial charge in [-0.15, -0.1) is 10.2 Å². The van der Waals surface area contributed by atoms with E-state index in [1.807, 2.05) is 59.1 Å². The van der Waals surface area contributed by atoms with Crippen LogP contribution in [0.2, 0.25) is 0 Å². The largest absolute Gasteiger partial charge is 0.282 e.